The van der Waals surface area contributed by atoms with Gasteiger partial charge in [-0.05, 0) is 34.8 Å². The summed E-state index contributed by atoms with van der Waals surface area (Å²) in [6.07, 6.45) is 9.37. The van der Waals surface area contributed by atoms with Gasteiger partial charge in [-0.3, -0.25) is 19.1 Å². The molecule has 0 radical (unpaired) electrons. The van der Waals surface area contributed by atoms with Crippen molar-refractivity contribution in [1.82, 2.24) is 19.9 Å². The van der Waals surface area contributed by atoms with Crippen molar-refractivity contribution >= 4 is 21.8 Å². The average molecular weight is 391 g/mol. The first-order valence-electron chi connectivity index (χ1n) is 8.08. The van der Waals surface area contributed by atoms with Crippen molar-refractivity contribution in [1.29, 1.82) is 0 Å². The standard InChI is InChI=1S/C17H19BrN4O2/c18-14-7-13(9-19-10-14)17(24)20-5-6-22-11-21-15(8-16(22)23)12-3-1-2-4-12/h7-12H,1-6H2,(H,20,24). The monoisotopic (exact) mass is 390 g/mol. The molecule has 6 nitrogen and oxygen atoms in total. The Hall–Kier alpha value is -2.02. The summed E-state index contributed by atoms with van der Waals surface area (Å²) in [6.45, 7) is 0.750. The Morgan fingerprint density at radius 1 is 1.29 bits per heavy atom. The van der Waals surface area contributed by atoms with Crippen molar-refractivity contribution in [2.75, 3.05) is 6.54 Å². The maximum absolute atomic E-state index is 12.2. The van der Waals surface area contributed by atoms with Crippen LogP contribution in [0.15, 0.2) is 40.1 Å². The van der Waals surface area contributed by atoms with E-state index in [1.807, 2.05) is 0 Å². The van der Waals surface area contributed by atoms with Gasteiger partial charge < -0.3 is 5.32 Å². The maximum Gasteiger partial charge on any atom is 0.253 e. The van der Waals surface area contributed by atoms with E-state index in [2.05, 4.69) is 31.2 Å². The van der Waals surface area contributed by atoms with Crippen molar-refractivity contribution in [3.05, 3.63) is 56.9 Å². The molecule has 0 bridgehead atoms. The molecule has 2 aromatic rings. The smallest absolute Gasteiger partial charge is 0.253 e. The Morgan fingerprint density at radius 2 is 2.08 bits per heavy atom. The van der Waals surface area contributed by atoms with E-state index in [-0.39, 0.29) is 11.5 Å². The van der Waals surface area contributed by atoms with Crippen LogP contribution in [0.1, 0.15) is 47.7 Å². The van der Waals surface area contributed by atoms with E-state index in [4.69, 9.17) is 0 Å². The number of carbonyl (C=O) groups is 1. The van der Waals surface area contributed by atoms with Gasteiger partial charge in [0.2, 0.25) is 0 Å². The van der Waals surface area contributed by atoms with E-state index < -0.39 is 0 Å². The molecule has 2 aromatic heterocycles. The van der Waals surface area contributed by atoms with Gasteiger partial charge in [-0.25, -0.2) is 4.98 Å². The zero-order valence-corrected chi connectivity index (χ0v) is 14.8. The molecule has 1 amide bonds. The van der Waals surface area contributed by atoms with E-state index in [0.717, 1.165) is 23.0 Å². The number of halogens is 1. The molecule has 1 aliphatic carbocycles. The maximum atomic E-state index is 12.2. The lowest BCUT2D eigenvalue weighted by molar-refractivity contribution is 0.0951. The Bertz CT molecular complexity index is 784. The van der Waals surface area contributed by atoms with Crippen LogP contribution in [0.2, 0.25) is 0 Å². The van der Waals surface area contributed by atoms with Gasteiger partial charge in [0.05, 0.1) is 17.6 Å². The predicted molar refractivity (Wildman–Crippen MR) is 94.0 cm³/mol. The van der Waals surface area contributed by atoms with E-state index in [0.29, 0.717) is 24.6 Å². The Morgan fingerprint density at radius 3 is 2.79 bits per heavy atom. The highest BCUT2D eigenvalue weighted by Gasteiger charge is 2.18. The fourth-order valence-corrected chi connectivity index (χ4v) is 3.35. The van der Waals surface area contributed by atoms with Crippen molar-refractivity contribution in [3.8, 4) is 0 Å². The summed E-state index contributed by atoms with van der Waals surface area (Å²) < 4.78 is 2.27. The van der Waals surface area contributed by atoms with Crippen LogP contribution in [0, 0.1) is 0 Å². The Balaban J connectivity index is 1.56. The van der Waals surface area contributed by atoms with Gasteiger partial charge in [-0.15, -0.1) is 0 Å². The number of rotatable bonds is 5. The topological polar surface area (TPSA) is 76.9 Å². The van der Waals surface area contributed by atoms with Gasteiger partial charge in [-0.2, -0.15) is 0 Å². The van der Waals surface area contributed by atoms with Crippen LogP contribution in [0.4, 0.5) is 0 Å². The Kier molecular flexibility index (Phi) is 5.40. The number of amides is 1. The van der Waals surface area contributed by atoms with Crippen molar-refractivity contribution < 1.29 is 4.79 Å². The summed E-state index contributed by atoms with van der Waals surface area (Å²) in [6, 6.07) is 3.34. The van der Waals surface area contributed by atoms with Gasteiger partial charge in [0.1, 0.15) is 0 Å². The highest BCUT2D eigenvalue weighted by Crippen LogP contribution is 2.32. The lowest BCUT2D eigenvalue weighted by Gasteiger charge is -2.11. The first-order chi connectivity index (χ1) is 11.6. The molecule has 0 spiro atoms. The minimum absolute atomic E-state index is 0.0646. The molecule has 7 heteroatoms. The molecule has 0 atom stereocenters. The summed E-state index contributed by atoms with van der Waals surface area (Å²) in [7, 11) is 0. The summed E-state index contributed by atoms with van der Waals surface area (Å²) >= 11 is 3.28. The minimum atomic E-state index is -0.215. The molecule has 1 saturated carbocycles. The number of nitrogens with one attached hydrogen (secondary N) is 1. The van der Waals surface area contributed by atoms with Crippen LogP contribution in [-0.2, 0) is 6.54 Å². The molecule has 0 unspecified atom stereocenters. The number of pyridine rings is 1. The zero-order chi connectivity index (χ0) is 16.9. The number of hydrogen-bond acceptors (Lipinski definition) is 4. The van der Waals surface area contributed by atoms with Gasteiger partial charge in [0, 0.05) is 41.9 Å². The lowest BCUT2D eigenvalue weighted by Crippen LogP contribution is -2.31. The molecular formula is C17H19BrN4O2. The van der Waals surface area contributed by atoms with Crippen molar-refractivity contribution in [2.45, 2.75) is 38.1 Å². The lowest BCUT2D eigenvalue weighted by atomic mass is 10.0. The molecule has 3 rings (SSSR count). The molecule has 0 aromatic carbocycles. The number of aromatic nitrogens is 3. The second kappa shape index (κ2) is 7.70. The van der Waals surface area contributed by atoms with Crippen LogP contribution in [-0.4, -0.2) is 27.0 Å². The second-order valence-corrected chi connectivity index (χ2v) is 6.89. The molecular weight excluding hydrogens is 372 g/mol. The van der Waals surface area contributed by atoms with Crippen molar-refractivity contribution in [2.24, 2.45) is 0 Å². The predicted octanol–water partition coefficient (Wildman–Crippen LogP) is 2.49. The van der Waals surface area contributed by atoms with Crippen LogP contribution < -0.4 is 10.9 Å². The summed E-state index contributed by atoms with van der Waals surface area (Å²) in [4.78, 5) is 32.6. The van der Waals surface area contributed by atoms with Crippen molar-refractivity contribution in [3.63, 3.8) is 0 Å². The molecule has 24 heavy (non-hydrogen) atoms. The highest BCUT2D eigenvalue weighted by molar-refractivity contribution is 9.10. The first kappa shape index (κ1) is 16.8. The molecule has 1 fully saturated rings. The van der Waals surface area contributed by atoms with E-state index >= 15 is 0 Å². The van der Waals surface area contributed by atoms with Crippen LogP contribution in [0.3, 0.4) is 0 Å². The van der Waals surface area contributed by atoms with Crippen LogP contribution >= 0.6 is 15.9 Å². The molecule has 0 saturated heterocycles. The number of nitrogens with zero attached hydrogens (tertiary/aromatic N) is 3. The molecule has 2 heterocycles. The highest BCUT2D eigenvalue weighted by atomic mass is 79.9. The number of hydrogen-bond donors (Lipinski definition) is 1. The molecule has 126 valence electrons. The zero-order valence-electron chi connectivity index (χ0n) is 13.2. The largest absolute Gasteiger partial charge is 0.350 e. The fraction of sp³-hybridized carbons (Fsp3) is 0.412. The average Bonchev–Trinajstić information content (AvgIpc) is 3.10. The quantitative estimate of drug-likeness (QED) is 0.850. The van der Waals surface area contributed by atoms with E-state index in [1.165, 1.54) is 23.6 Å². The van der Waals surface area contributed by atoms with Gasteiger partial charge in [-0.1, -0.05) is 12.8 Å². The summed E-state index contributed by atoms with van der Waals surface area (Å²) in [5, 5.41) is 2.78. The fourth-order valence-electron chi connectivity index (χ4n) is 2.98. The van der Waals surface area contributed by atoms with Gasteiger partial charge in [0.25, 0.3) is 11.5 Å². The third kappa shape index (κ3) is 4.08. The van der Waals surface area contributed by atoms with Gasteiger partial charge in [0.15, 0.2) is 0 Å². The molecule has 1 N–H and O–H groups in total. The third-order valence-electron chi connectivity index (χ3n) is 4.28. The Labute approximate surface area is 148 Å². The molecule has 0 aliphatic heterocycles. The van der Waals surface area contributed by atoms with E-state index in [1.54, 1.807) is 24.7 Å². The normalized spacial score (nSPS) is 14.7. The summed E-state index contributed by atoms with van der Waals surface area (Å²) in [5.74, 6) is 0.212. The number of carbonyl (C=O) groups excluding carboxylic acids is 1. The second-order valence-electron chi connectivity index (χ2n) is 5.97. The molecule has 1 aliphatic rings. The van der Waals surface area contributed by atoms with E-state index in [9.17, 15) is 9.59 Å². The van der Waals surface area contributed by atoms with Crippen LogP contribution in [0.25, 0.3) is 0 Å². The third-order valence-corrected chi connectivity index (χ3v) is 4.71. The van der Waals surface area contributed by atoms with Gasteiger partial charge >= 0.3 is 0 Å². The van der Waals surface area contributed by atoms with Crippen LogP contribution in [0.5, 0.6) is 0 Å². The SMILES string of the molecule is O=C(NCCn1cnc(C2CCCC2)cc1=O)c1cncc(Br)c1. The minimum Gasteiger partial charge on any atom is -0.350 e. The first-order valence-corrected chi connectivity index (χ1v) is 8.88. The summed E-state index contributed by atoms with van der Waals surface area (Å²) in [5.41, 5.74) is 1.31.